The van der Waals surface area contributed by atoms with Gasteiger partial charge in [-0.2, -0.15) is 0 Å². The largest absolute Gasteiger partial charge is 0.379 e. The number of nitrogens with one attached hydrogen (secondary N) is 3. The van der Waals surface area contributed by atoms with E-state index < -0.39 is 11.6 Å². The Bertz CT molecular complexity index is 1600. The van der Waals surface area contributed by atoms with E-state index in [0.29, 0.717) is 24.5 Å². The van der Waals surface area contributed by atoms with Gasteiger partial charge in [0.15, 0.2) is 5.82 Å². The lowest BCUT2D eigenvalue weighted by Crippen LogP contribution is -2.51. The fourth-order valence-electron chi connectivity index (χ4n) is 5.03. The van der Waals surface area contributed by atoms with Crippen molar-refractivity contribution in [3.63, 3.8) is 0 Å². The summed E-state index contributed by atoms with van der Waals surface area (Å²) in [6.45, 7) is 14.4. The third-order valence-corrected chi connectivity index (χ3v) is 8.59. The Balaban J connectivity index is 0.000000644. The van der Waals surface area contributed by atoms with Crippen LogP contribution >= 0.6 is 0 Å². The number of carbonyl (C=O) groups is 2. The van der Waals surface area contributed by atoms with Gasteiger partial charge in [-0.1, -0.05) is 92.4 Å². The van der Waals surface area contributed by atoms with Crippen LogP contribution in [0.4, 0.5) is 5.82 Å². The predicted octanol–water partition coefficient (Wildman–Crippen LogP) is 6.47. The molecular formula is C38H47N5O4. The predicted molar refractivity (Wildman–Crippen MR) is 187 cm³/mol. The molecule has 2 amide bonds. The number of anilines is 1. The lowest BCUT2D eigenvalue weighted by Gasteiger charge is -2.30. The van der Waals surface area contributed by atoms with Crippen LogP contribution in [0.2, 0.25) is 0 Å². The number of nitrogens with zero attached hydrogens (tertiary/aromatic N) is 2. The van der Waals surface area contributed by atoms with Crippen LogP contribution < -0.4 is 16.0 Å². The quantitative estimate of drug-likeness (QED) is 0.121. The lowest BCUT2D eigenvalue weighted by molar-refractivity contribution is -0.119. The maximum Gasteiger partial charge on any atom is 0.250 e. The zero-order valence-corrected chi connectivity index (χ0v) is 28.2. The first kappa shape index (κ1) is 35.1. The van der Waals surface area contributed by atoms with Gasteiger partial charge in [0.25, 0.3) is 0 Å². The molecule has 1 unspecified atom stereocenters. The number of aromatic nitrogens is 2. The van der Waals surface area contributed by atoms with Crippen molar-refractivity contribution in [1.82, 2.24) is 20.2 Å². The Kier molecular flexibility index (Phi) is 11.7. The van der Waals surface area contributed by atoms with E-state index >= 15 is 0 Å². The van der Waals surface area contributed by atoms with Gasteiger partial charge in [0.2, 0.25) is 12.3 Å². The molecule has 1 aliphatic rings. The van der Waals surface area contributed by atoms with Crippen LogP contribution in [0.5, 0.6) is 0 Å². The van der Waals surface area contributed by atoms with Gasteiger partial charge in [-0.15, -0.1) is 0 Å². The smallest absolute Gasteiger partial charge is 0.250 e. The molecule has 0 radical (unpaired) electrons. The maximum absolute atomic E-state index is 13.5. The molecular weight excluding hydrogens is 590 g/mol. The van der Waals surface area contributed by atoms with E-state index in [9.17, 15) is 9.59 Å². The summed E-state index contributed by atoms with van der Waals surface area (Å²) in [4.78, 5) is 29.0. The zero-order valence-electron chi connectivity index (χ0n) is 28.2. The van der Waals surface area contributed by atoms with Crippen molar-refractivity contribution in [2.45, 2.75) is 70.9 Å². The molecule has 0 spiro atoms. The molecule has 1 aliphatic carbocycles. The second-order valence-corrected chi connectivity index (χ2v) is 12.7. The molecule has 9 heteroatoms. The molecule has 47 heavy (non-hydrogen) atoms. The van der Waals surface area contributed by atoms with Crippen LogP contribution in [-0.4, -0.2) is 52.8 Å². The van der Waals surface area contributed by atoms with Crippen molar-refractivity contribution in [1.29, 1.82) is 0 Å². The first-order chi connectivity index (χ1) is 22.5. The summed E-state index contributed by atoms with van der Waals surface area (Å²) in [6, 6.07) is 25.6. The van der Waals surface area contributed by atoms with Crippen LogP contribution in [0, 0.1) is 0 Å². The number of fused-ring (bicyclic) bond motifs is 3. The molecule has 1 heterocycles. The summed E-state index contributed by atoms with van der Waals surface area (Å²) in [6.07, 6.45) is 5.27. The van der Waals surface area contributed by atoms with Gasteiger partial charge in [0.1, 0.15) is 6.04 Å². The molecule has 248 valence electrons. The van der Waals surface area contributed by atoms with E-state index in [-0.39, 0.29) is 24.2 Å². The highest BCUT2D eigenvalue weighted by Crippen LogP contribution is 2.45. The van der Waals surface area contributed by atoms with Gasteiger partial charge in [-0.25, -0.2) is 4.98 Å². The molecule has 4 aromatic rings. The SMILES string of the molecule is C=C(NC(COCc1ccccc1)C(=O)Nc1cn(C2c3ccccc3-c3ccccc32)cn1)C(C)(C)NC=O.CCC(C)(C)OC. The van der Waals surface area contributed by atoms with Gasteiger partial charge < -0.3 is 30.0 Å². The second kappa shape index (κ2) is 15.7. The van der Waals surface area contributed by atoms with Gasteiger partial charge in [-0.3, -0.25) is 9.59 Å². The van der Waals surface area contributed by atoms with Crippen LogP contribution in [0.15, 0.2) is 104 Å². The minimum Gasteiger partial charge on any atom is -0.379 e. The van der Waals surface area contributed by atoms with Gasteiger partial charge in [-0.05, 0) is 61.9 Å². The van der Waals surface area contributed by atoms with E-state index in [1.165, 1.54) is 22.3 Å². The van der Waals surface area contributed by atoms with Crippen molar-refractivity contribution < 1.29 is 19.1 Å². The molecule has 3 aromatic carbocycles. The maximum atomic E-state index is 13.5. The summed E-state index contributed by atoms with van der Waals surface area (Å²) >= 11 is 0. The van der Waals surface area contributed by atoms with E-state index in [1.807, 2.05) is 65.4 Å². The van der Waals surface area contributed by atoms with Crippen LogP contribution in [-0.2, 0) is 25.7 Å². The molecule has 1 aromatic heterocycles. The Morgan fingerprint density at radius 2 is 1.57 bits per heavy atom. The van der Waals surface area contributed by atoms with Crippen molar-refractivity contribution in [3.05, 3.63) is 120 Å². The highest BCUT2D eigenvalue weighted by Gasteiger charge is 2.30. The average molecular weight is 638 g/mol. The molecule has 0 saturated carbocycles. The summed E-state index contributed by atoms with van der Waals surface area (Å²) in [5.41, 5.74) is 5.57. The number of rotatable bonds is 14. The number of ether oxygens (including phenoxy) is 2. The number of hydrogen-bond donors (Lipinski definition) is 3. The van der Waals surface area contributed by atoms with Crippen LogP contribution in [0.3, 0.4) is 0 Å². The van der Waals surface area contributed by atoms with Crippen molar-refractivity contribution in [3.8, 4) is 11.1 Å². The molecule has 5 rings (SSSR count). The van der Waals surface area contributed by atoms with Gasteiger partial charge >= 0.3 is 0 Å². The van der Waals surface area contributed by atoms with Crippen molar-refractivity contribution in [2.75, 3.05) is 19.0 Å². The van der Waals surface area contributed by atoms with E-state index in [1.54, 1.807) is 27.3 Å². The monoisotopic (exact) mass is 637 g/mol. The molecule has 0 saturated heterocycles. The number of imidazole rings is 1. The van der Waals surface area contributed by atoms with Crippen LogP contribution in [0.25, 0.3) is 11.1 Å². The molecule has 3 N–H and O–H groups in total. The highest BCUT2D eigenvalue weighted by molar-refractivity contribution is 5.94. The average Bonchev–Trinajstić information content (AvgIpc) is 3.66. The van der Waals surface area contributed by atoms with Crippen molar-refractivity contribution in [2.24, 2.45) is 0 Å². The summed E-state index contributed by atoms with van der Waals surface area (Å²) in [5.74, 6) is 0.103. The number of amides is 2. The van der Waals surface area contributed by atoms with Gasteiger partial charge in [0, 0.05) is 19.0 Å². The first-order valence-electron chi connectivity index (χ1n) is 15.9. The molecule has 1 atom stereocenters. The zero-order chi connectivity index (χ0) is 34.0. The van der Waals surface area contributed by atoms with E-state index in [0.717, 1.165) is 12.0 Å². The summed E-state index contributed by atoms with van der Waals surface area (Å²) < 4.78 is 13.0. The second-order valence-electron chi connectivity index (χ2n) is 12.7. The Morgan fingerprint density at radius 3 is 2.13 bits per heavy atom. The van der Waals surface area contributed by atoms with E-state index in [2.05, 4.69) is 72.5 Å². The number of benzene rings is 3. The summed E-state index contributed by atoms with van der Waals surface area (Å²) in [5, 5.41) is 8.79. The third-order valence-electron chi connectivity index (χ3n) is 8.59. The molecule has 9 nitrogen and oxygen atoms in total. The standard InChI is InChI=1S/C32H33N5O3.C6H14O/c1-22(32(2,3)34-21-38)35-28(19-40-18-23-11-5-4-6-12-23)31(39)36-29-17-37(20-33-29)30-26-15-9-7-13-24(26)25-14-8-10-16-27(25)30;1-5-6(2,3)7-4/h4-17,20-21,28,30,35H,1,18-19H2,2-3H3,(H,34,38)(H,36,39);5H2,1-4H3. The Morgan fingerprint density at radius 1 is 0.979 bits per heavy atom. The number of carbonyl (C=O) groups excluding carboxylic acids is 2. The van der Waals surface area contributed by atoms with Crippen molar-refractivity contribution >= 4 is 18.1 Å². The summed E-state index contributed by atoms with van der Waals surface area (Å²) in [7, 11) is 1.74. The normalized spacial score (nSPS) is 13.0. The van der Waals surface area contributed by atoms with Gasteiger partial charge in [0.05, 0.1) is 36.7 Å². The Hall–Kier alpha value is -4.73. The first-order valence-corrected chi connectivity index (χ1v) is 15.9. The minimum absolute atomic E-state index is 0.0383. The number of hydrogen-bond acceptors (Lipinski definition) is 6. The minimum atomic E-state index is -0.776. The van der Waals surface area contributed by atoms with E-state index in [4.69, 9.17) is 9.47 Å². The van der Waals surface area contributed by atoms with Crippen LogP contribution in [0.1, 0.15) is 63.8 Å². The Labute approximate surface area is 278 Å². The lowest BCUT2D eigenvalue weighted by atomic mass is 10.0. The molecule has 0 fully saturated rings. The fraction of sp³-hybridized carbons (Fsp3) is 0.342. The topological polar surface area (TPSA) is 107 Å². The molecule has 0 aliphatic heterocycles. The third kappa shape index (κ3) is 8.96. The fourth-order valence-corrected chi connectivity index (χ4v) is 5.03. The number of methoxy groups -OCH3 is 1. The highest BCUT2D eigenvalue weighted by atomic mass is 16.5. The molecule has 0 bridgehead atoms.